The van der Waals surface area contributed by atoms with E-state index in [0.717, 1.165) is 55.4 Å². The summed E-state index contributed by atoms with van der Waals surface area (Å²) in [6, 6.07) is 12.1. The zero-order valence-electron chi connectivity index (χ0n) is 17.6. The van der Waals surface area contributed by atoms with E-state index < -0.39 is 10.0 Å². The van der Waals surface area contributed by atoms with Gasteiger partial charge in [-0.25, -0.2) is 18.4 Å². The summed E-state index contributed by atoms with van der Waals surface area (Å²) < 4.78 is 28.2. The van der Waals surface area contributed by atoms with Crippen LogP contribution in [-0.2, 0) is 10.0 Å². The van der Waals surface area contributed by atoms with Crippen molar-refractivity contribution in [1.29, 1.82) is 0 Å². The molecule has 2 fully saturated rings. The van der Waals surface area contributed by atoms with Crippen molar-refractivity contribution in [3.8, 4) is 0 Å². The largest absolute Gasteiger partial charge is 0.354 e. The maximum absolute atomic E-state index is 12.7. The van der Waals surface area contributed by atoms with Crippen molar-refractivity contribution in [2.45, 2.75) is 30.7 Å². The number of anilines is 1. The molecule has 2 aliphatic rings. The molecule has 2 saturated heterocycles. The first-order valence-corrected chi connectivity index (χ1v) is 13.1. The Morgan fingerprint density at radius 3 is 2.39 bits per heavy atom. The zero-order valence-corrected chi connectivity index (χ0v) is 19.3. The average Bonchev–Trinajstić information content (AvgIpc) is 3.49. The second kappa shape index (κ2) is 8.46. The van der Waals surface area contributed by atoms with Gasteiger partial charge < -0.3 is 4.90 Å². The van der Waals surface area contributed by atoms with E-state index >= 15 is 0 Å². The van der Waals surface area contributed by atoms with Crippen molar-refractivity contribution < 1.29 is 8.42 Å². The van der Waals surface area contributed by atoms with Crippen molar-refractivity contribution >= 4 is 37.4 Å². The van der Waals surface area contributed by atoms with Crippen molar-refractivity contribution in [2.24, 2.45) is 0 Å². The maximum atomic E-state index is 12.7. The molecule has 7 nitrogen and oxygen atoms in total. The molecule has 0 unspecified atom stereocenters. The fraction of sp³-hybridized carbons (Fsp3) is 0.455. The van der Waals surface area contributed by atoms with Gasteiger partial charge in [-0.05, 0) is 44.0 Å². The Balaban J connectivity index is 1.23. The van der Waals surface area contributed by atoms with Crippen LogP contribution in [0.15, 0.2) is 47.5 Å². The summed E-state index contributed by atoms with van der Waals surface area (Å²) in [5, 5.41) is 1.16. The van der Waals surface area contributed by atoms with Crippen LogP contribution < -0.4 is 4.90 Å². The molecule has 0 saturated carbocycles. The summed E-state index contributed by atoms with van der Waals surface area (Å²) in [7, 11) is -3.41. The Bertz CT molecular complexity index is 1120. The number of thiazole rings is 1. The molecule has 0 N–H and O–H groups in total. The Morgan fingerprint density at radius 2 is 1.71 bits per heavy atom. The van der Waals surface area contributed by atoms with Gasteiger partial charge >= 0.3 is 0 Å². The summed E-state index contributed by atoms with van der Waals surface area (Å²) in [6.45, 7) is 7.02. The van der Waals surface area contributed by atoms with Crippen molar-refractivity contribution in [2.75, 3.05) is 44.2 Å². The first kappa shape index (κ1) is 20.8. The van der Waals surface area contributed by atoms with E-state index in [0.29, 0.717) is 18.0 Å². The third kappa shape index (κ3) is 4.07. The number of pyridine rings is 1. The fourth-order valence-electron chi connectivity index (χ4n) is 4.35. The summed E-state index contributed by atoms with van der Waals surface area (Å²) in [4.78, 5) is 14.3. The van der Waals surface area contributed by atoms with Crippen molar-refractivity contribution in [1.82, 2.24) is 19.2 Å². The van der Waals surface area contributed by atoms with E-state index in [-0.39, 0.29) is 6.04 Å². The lowest BCUT2D eigenvalue weighted by molar-refractivity contribution is 0.198. The molecule has 4 heterocycles. The number of piperazine rings is 1. The van der Waals surface area contributed by atoms with Gasteiger partial charge in [0.25, 0.3) is 0 Å². The molecule has 164 valence electrons. The number of rotatable bonds is 5. The van der Waals surface area contributed by atoms with E-state index in [1.807, 2.05) is 12.1 Å². The minimum absolute atomic E-state index is 0.278. The Hall–Kier alpha value is -2.07. The van der Waals surface area contributed by atoms with Crippen LogP contribution in [0.2, 0.25) is 0 Å². The van der Waals surface area contributed by atoms with Crippen LogP contribution in [0.5, 0.6) is 0 Å². The Kier molecular flexibility index (Phi) is 5.68. The van der Waals surface area contributed by atoms with E-state index in [9.17, 15) is 8.42 Å². The lowest BCUT2D eigenvalue weighted by Gasteiger charge is -2.38. The highest BCUT2D eigenvalue weighted by molar-refractivity contribution is 7.89. The number of hydrogen-bond donors (Lipinski definition) is 0. The molecule has 5 rings (SSSR count). The van der Waals surface area contributed by atoms with Gasteiger partial charge in [-0.3, -0.25) is 4.90 Å². The first-order chi connectivity index (χ1) is 15.0. The van der Waals surface area contributed by atoms with Gasteiger partial charge in [0.1, 0.15) is 15.7 Å². The number of benzene rings is 1. The van der Waals surface area contributed by atoms with Crippen LogP contribution in [0.3, 0.4) is 0 Å². The van der Waals surface area contributed by atoms with Crippen LogP contribution in [0, 0.1) is 0 Å². The van der Waals surface area contributed by atoms with Gasteiger partial charge in [0, 0.05) is 45.5 Å². The quantitative estimate of drug-likeness (QED) is 0.585. The van der Waals surface area contributed by atoms with Crippen LogP contribution in [0.1, 0.15) is 30.8 Å². The molecule has 0 amide bonds. The third-order valence-corrected chi connectivity index (χ3v) is 9.37. The minimum atomic E-state index is -3.41. The van der Waals surface area contributed by atoms with Gasteiger partial charge in [0.2, 0.25) is 10.0 Å². The molecule has 2 aliphatic heterocycles. The molecule has 2 aromatic heterocycles. The lowest BCUT2D eigenvalue weighted by Crippen LogP contribution is -2.47. The van der Waals surface area contributed by atoms with Crippen LogP contribution in [0.4, 0.5) is 5.82 Å². The molecule has 31 heavy (non-hydrogen) atoms. The molecule has 9 heteroatoms. The summed E-state index contributed by atoms with van der Waals surface area (Å²) >= 11 is 1.77. The highest BCUT2D eigenvalue weighted by atomic mass is 32.2. The summed E-state index contributed by atoms with van der Waals surface area (Å²) in [5.74, 6) is 0.840. The Morgan fingerprint density at radius 1 is 0.968 bits per heavy atom. The first-order valence-electron chi connectivity index (χ1n) is 10.8. The van der Waals surface area contributed by atoms with E-state index in [1.165, 1.54) is 10.9 Å². The third-order valence-electron chi connectivity index (χ3n) is 6.28. The fourth-order valence-corrected chi connectivity index (χ4v) is 6.87. The van der Waals surface area contributed by atoms with Gasteiger partial charge in [-0.1, -0.05) is 12.1 Å². The smallest absolute Gasteiger partial charge is 0.244 e. The molecule has 0 bridgehead atoms. The number of fused-ring (bicyclic) bond motifs is 1. The van der Waals surface area contributed by atoms with Gasteiger partial charge in [-0.15, -0.1) is 11.3 Å². The molecule has 3 aromatic rings. The predicted octanol–water partition coefficient (Wildman–Crippen LogP) is 3.36. The van der Waals surface area contributed by atoms with Crippen LogP contribution in [-0.4, -0.2) is 66.9 Å². The van der Waals surface area contributed by atoms with Gasteiger partial charge in [0.05, 0.1) is 16.3 Å². The second-order valence-corrected chi connectivity index (χ2v) is 11.2. The summed E-state index contributed by atoms with van der Waals surface area (Å²) in [5.41, 5.74) is 1.07. The standard InChI is InChI=1S/C22H27N5O2S2/c1-17(22-24-19-6-2-3-7-20(19)30-22)25-12-14-26(15-13-25)21-9-8-18(16-23-21)31(28,29)27-10-4-5-11-27/h2-3,6-9,16-17H,4-5,10-15H2,1H3/t17-/m0/s1. The topological polar surface area (TPSA) is 69.6 Å². The van der Waals surface area contributed by atoms with Gasteiger partial charge in [0.15, 0.2) is 0 Å². The zero-order chi connectivity index (χ0) is 21.4. The number of aromatic nitrogens is 2. The maximum Gasteiger partial charge on any atom is 0.244 e. The lowest BCUT2D eigenvalue weighted by atomic mass is 10.2. The van der Waals surface area contributed by atoms with Crippen molar-refractivity contribution in [3.05, 3.63) is 47.6 Å². The molecular formula is C22H27N5O2S2. The number of sulfonamides is 1. The monoisotopic (exact) mass is 457 g/mol. The second-order valence-electron chi connectivity index (χ2n) is 8.18. The highest BCUT2D eigenvalue weighted by Crippen LogP contribution is 2.30. The highest BCUT2D eigenvalue weighted by Gasteiger charge is 2.28. The number of nitrogens with zero attached hydrogens (tertiary/aromatic N) is 5. The van der Waals surface area contributed by atoms with Crippen LogP contribution >= 0.6 is 11.3 Å². The SMILES string of the molecule is C[C@@H](c1nc2ccccc2s1)N1CCN(c2ccc(S(=O)(=O)N3CCCC3)cn2)CC1. The molecule has 1 atom stereocenters. The van der Waals surface area contributed by atoms with Gasteiger partial charge in [-0.2, -0.15) is 4.31 Å². The molecule has 0 spiro atoms. The number of hydrogen-bond acceptors (Lipinski definition) is 7. The summed E-state index contributed by atoms with van der Waals surface area (Å²) in [6.07, 6.45) is 3.38. The average molecular weight is 458 g/mol. The van der Waals surface area contributed by atoms with E-state index in [4.69, 9.17) is 4.98 Å². The number of para-hydroxylation sites is 1. The normalized spacial score (nSPS) is 19.8. The molecular weight excluding hydrogens is 430 g/mol. The molecule has 1 aromatic carbocycles. The molecule has 0 aliphatic carbocycles. The van der Waals surface area contributed by atoms with E-state index in [1.54, 1.807) is 21.7 Å². The van der Waals surface area contributed by atoms with Crippen LogP contribution in [0.25, 0.3) is 10.2 Å². The molecule has 0 radical (unpaired) electrons. The minimum Gasteiger partial charge on any atom is -0.354 e. The Labute approximate surface area is 187 Å². The van der Waals surface area contributed by atoms with E-state index in [2.05, 4.69) is 39.9 Å². The predicted molar refractivity (Wildman–Crippen MR) is 124 cm³/mol. The van der Waals surface area contributed by atoms with Crippen molar-refractivity contribution in [3.63, 3.8) is 0 Å².